The molecule has 0 aliphatic carbocycles. The summed E-state index contributed by atoms with van der Waals surface area (Å²) in [6, 6.07) is 8.28. The van der Waals surface area contributed by atoms with Gasteiger partial charge in [0.15, 0.2) is 9.84 Å². The molecular formula is C15H13Cl2NO3S2. The van der Waals surface area contributed by atoms with Crippen LogP contribution in [-0.2, 0) is 9.84 Å². The van der Waals surface area contributed by atoms with E-state index in [0.29, 0.717) is 15.6 Å². The monoisotopic (exact) mass is 389 g/mol. The summed E-state index contributed by atoms with van der Waals surface area (Å²) in [7, 11) is -3.24. The fourth-order valence-electron chi connectivity index (χ4n) is 2.52. The van der Waals surface area contributed by atoms with Gasteiger partial charge in [-0.15, -0.1) is 11.3 Å². The fourth-order valence-corrected chi connectivity index (χ4v) is 5.72. The van der Waals surface area contributed by atoms with Gasteiger partial charge >= 0.3 is 0 Å². The molecule has 0 radical (unpaired) electrons. The third-order valence-corrected chi connectivity index (χ3v) is 7.68. The second kappa shape index (κ2) is 6.43. The van der Waals surface area contributed by atoms with Crippen molar-refractivity contribution in [2.45, 2.75) is 5.25 Å². The lowest BCUT2D eigenvalue weighted by Crippen LogP contribution is -2.45. The first-order valence-electron chi connectivity index (χ1n) is 6.88. The molecule has 3 rings (SSSR count). The van der Waals surface area contributed by atoms with Gasteiger partial charge in [-0.25, -0.2) is 8.42 Å². The maximum Gasteiger partial charge on any atom is 0.253 e. The first-order chi connectivity index (χ1) is 10.9. The third-order valence-electron chi connectivity index (χ3n) is 3.78. The van der Waals surface area contributed by atoms with Crippen molar-refractivity contribution in [2.75, 3.05) is 18.8 Å². The van der Waals surface area contributed by atoms with Gasteiger partial charge in [-0.3, -0.25) is 4.79 Å². The highest BCUT2D eigenvalue weighted by molar-refractivity contribution is 7.91. The number of sulfone groups is 1. The quantitative estimate of drug-likeness (QED) is 0.786. The van der Waals surface area contributed by atoms with Crippen molar-refractivity contribution >= 4 is 50.3 Å². The van der Waals surface area contributed by atoms with Gasteiger partial charge in [0.1, 0.15) is 5.25 Å². The van der Waals surface area contributed by atoms with Gasteiger partial charge in [0.2, 0.25) is 0 Å². The van der Waals surface area contributed by atoms with Crippen molar-refractivity contribution in [1.82, 2.24) is 4.90 Å². The summed E-state index contributed by atoms with van der Waals surface area (Å²) in [5, 5.41) is 1.85. The number of rotatable bonds is 2. The van der Waals surface area contributed by atoms with E-state index >= 15 is 0 Å². The van der Waals surface area contributed by atoms with Crippen LogP contribution in [0.4, 0.5) is 0 Å². The van der Waals surface area contributed by atoms with E-state index in [1.165, 1.54) is 17.4 Å². The van der Waals surface area contributed by atoms with Crippen molar-refractivity contribution in [3.8, 4) is 0 Å². The Bertz CT molecular complexity index is 834. The maximum atomic E-state index is 12.6. The minimum absolute atomic E-state index is 0.0391. The van der Waals surface area contributed by atoms with Crippen LogP contribution in [0, 0.1) is 0 Å². The molecule has 2 aromatic rings. The molecule has 1 amide bonds. The van der Waals surface area contributed by atoms with Gasteiger partial charge in [-0.05, 0) is 29.6 Å². The van der Waals surface area contributed by atoms with Crippen LogP contribution in [-0.4, -0.2) is 38.1 Å². The number of amides is 1. The zero-order valence-electron chi connectivity index (χ0n) is 11.9. The molecule has 1 aromatic carbocycles. The number of nitrogens with zero attached hydrogens (tertiary/aromatic N) is 1. The lowest BCUT2D eigenvalue weighted by atomic mass is 10.2. The molecule has 4 nitrogen and oxygen atoms in total. The Labute approximate surface area is 148 Å². The molecule has 0 bridgehead atoms. The normalized spacial score (nSPS) is 20.4. The molecule has 8 heteroatoms. The van der Waals surface area contributed by atoms with Crippen LogP contribution in [0.1, 0.15) is 20.5 Å². The third kappa shape index (κ3) is 3.40. The van der Waals surface area contributed by atoms with Crippen LogP contribution < -0.4 is 0 Å². The van der Waals surface area contributed by atoms with E-state index in [0.717, 1.165) is 4.88 Å². The molecule has 1 aliphatic heterocycles. The molecule has 1 saturated heterocycles. The Morgan fingerprint density at radius 3 is 2.65 bits per heavy atom. The summed E-state index contributed by atoms with van der Waals surface area (Å²) in [6.07, 6.45) is 0. The van der Waals surface area contributed by atoms with Crippen LogP contribution in [0.3, 0.4) is 0 Å². The minimum atomic E-state index is -3.24. The lowest BCUT2D eigenvalue weighted by Gasteiger charge is -2.32. The van der Waals surface area contributed by atoms with Crippen LogP contribution in [0.2, 0.25) is 10.0 Å². The highest BCUT2D eigenvalue weighted by Crippen LogP contribution is 2.32. The summed E-state index contributed by atoms with van der Waals surface area (Å²) in [6.45, 7) is 0.339. The van der Waals surface area contributed by atoms with Gasteiger partial charge in [-0.1, -0.05) is 29.3 Å². The molecule has 23 heavy (non-hydrogen) atoms. The number of hydrogen-bond acceptors (Lipinski definition) is 4. The summed E-state index contributed by atoms with van der Waals surface area (Å²) < 4.78 is 24.6. The van der Waals surface area contributed by atoms with Gasteiger partial charge in [-0.2, -0.15) is 0 Å². The number of benzene rings is 1. The molecular weight excluding hydrogens is 377 g/mol. The van der Waals surface area contributed by atoms with E-state index < -0.39 is 15.1 Å². The average molecular weight is 390 g/mol. The zero-order chi connectivity index (χ0) is 16.6. The van der Waals surface area contributed by atoms with E-state index in [9.17, 15) is 13.2 Å². The number of carbonyl (C=O) groups excluding carboxylic acids is 1. The molecule has 1 aliphatic rings. The highest BCUT2D eigenvalue weighted by atomic mass is 35.5. The standard InChI is InChI=1S/C15H13Cl2NO3S2/c16-11-4-3-10(8-12(11)17)15(19)18-5-7-23(20,21)14(9-18)13-2-1-6-22-13/h1-4,6,8,14H,5,7,9H2/t14-/m1/s1. The Balaban J connectivity index is 1.86. The smallest absolute Gasteiger partial charge is 0.253 e. The van der Waals surface area contributed by atoms with Crippen molar-refractivity contribution < 1.29 is 13.2 Å². The van der Waals surface area contributed by atoms with Crippen LogP contribution in [0.15, 0.2) is 35.7 Å². The average Bonchev–Trinajstić information content (AvgIpc) is 3.03. The van der Waals surface area contributed by atoms with E-state index in [2.05, 4.69) is 0 Å². The predicted molar refractivity (Wildman–Crippen MR) is 93.2 cm³/mol. The van der Waals surface area contributed by atoms with Crippen molar-refractivity contribution in [3.63, 3.8) is 0 Å². The van der Waals surface area contributed by atoms with Gasteiger partial charge in [0, 0.05) is 23.5 Å². The van der Waals surface area contributed by atoms with Crippen LogP contribution in [0.25, 0.3) is 0 Å². The second-order valence-electron chi connectivity index (χ2n) is 5.25. The summed E-state index contributed by atoms with van der Waals surface area (Å²) in [4.78, 5) is 14.9. The maximum absolute atomic E-state index is 12.6. The fraction of sp³-hybridized carbons (Fsp3) is 0.267. The molecule has 1 fully saturated rings. The second-order valence-corrected chi connectivity index (χ2v) is 9.35. The molecule has 122 valence electrons. The summed E-state index contributed by atoms with van der Waals surface area (Å²) in [5.74, 6) is -0.275. The van der Waals surface area contributed by atoms with Crippen LogP contribution in [0.5, 0.6) is 0 Å². The molecule has 1 atom stereocenters. The number of carbonyl (C=O) groups is 1. The lowest BCUT2D eigenvalue weighted by molar-refractivity contribution is 0.0759. The van der Waals surface area contributed by atoms with Crippen molar-refractivity contribution in [3.05, 3.63) is 56.2 Å². The van der Waals surface area contributed by atoms with Gasteiger partial charge in [0.05, 0.1) is 15.8 Å². The van der Waals surface area contributed by atoms with Crippen molar-refractivity contribution in [1.29, 1.82) is 0 Å². The number of hydrogen-bond donors (Lipinski definition) is 0. The first-order valence-corrected chi connectivity index (χ1v) is 10.2. The van der Waals surface area contributed by atoms with Crippen LogP contribution >= 0.6 is 34.5 Å². The zero-order valence-corrected chi connectivity index (χ0v) is 15.1. The summed E-state index contributed by atoms with van der Waals surface area (Å²) in [5.41, 5.74) is 0.406. The van der Waals surface area contributed by atoms with E-state index in [1.807, 2.05) is 11.4 Å². The summed E-state index contributed by atoms with van der Waals surface area (Å²) >= 11 is 13.2. The van der Waals surface area contributed by atoms with E-state index in [1.54, 1.807) is 23.1 Å². The minimum Gasteiger partial charge on any atom is -0.336 e. The Morgan fingerprint density at radius 2 is 2.00 bits per heavy atom. The van der Waals surface area contributed by atoms with E-state index in [4.69, 9.17) is 23.2 Å². The Hall–Kier alpha value is -1.08. The molecule has 0 saturated carbocycles. The van der Waals surface area contributed by atoms with Crippen molar-refractivity contribution in [2.24, 2.45) is 0 Å². The van der Waals surface area contributed by atoms with E-state index in [-0.39, 0.29) is 24.7 Å². The molecule has 1 aromatic heterocycles. The molecule has 2 heterocycles. The molecule has 0 N–H and O–H groups in total. The SMILES string of the molecule is O=C(c1ccc(Cl)c(Cl)c1)N1CCS(=O)(=O)[C@@H](c2cccs2)C1. The largest absolute Gasteiger partial charge is 0.336 e. The predicted octanol–water partition coefficient (Wildman–Crippen LogP) is 3.67. The van der Waals surface area contributed by atoms with Gasteiger partial charge < -0.3 is 4.90 Å². The Morgan fingerprint density at radius 1 is 1.22 bits per heavy atom. The Kier molecular flexibility index (Phi) is 4.69. The first kappa shape index (κ1) is 16.8. The topological polar surface area (TPSA) is 54.5 Å². The molecule has 0 spiro atoms. The number of thiophene rings is 1. The highest BCUT2D eigenvalue weighted by Gasteiger charge is 2.36. The molecule has 0 unspecified atom stereocenters. The van der Waals surface area contributed by atoms with Gasteiger partial charge in [0.25, 0.3) is 5.91 Å². The number of halogens is 2.